The Morgan fingerprint density at radius 3 is 2.04 bits per heavy atom. The predicted octanol–water partition coefficient (Wildman–Crippen LogP) is 4.78. The van der Waals surface area contributed by atoms with E-state index in [1.165, 1.54) is 0 Å². The molecular weight excluding hydrogens is 515 g/mol. The van der Waals surface area contributed by atoms with Crippen LogP contribution in [0.3, 0.4) is 0 Å². The van der Waals surface area contributed by atoms with Crippen molar-refractivity contribution in [2.75, 3.05) is 13.1 Å². The van der Waals surface area contributed by atoms with E-state index in [-0.39, 0.29) is 20.4 Å². The fourth-order valence-corrected chi connectivity index (χ4v) is 7.95. The van der Waals surface area contributed by atoms with E-state index in [4.69, 9.17) is 0 Å². The molecule has 0 bridgehead atoms. The van der Waals surface area contributed by atoms with Crippen molar-refractivity contribution in [1.82, 2.24) is 4.67 Å². The normalized spacial score (nSPS) is 25.2. The van der Waals surface area contributed by atoms with Gasteiger partial charge in [-0.25, -0.2) is 0 Å². The van der Waals surface area contributed by atoms with E-state index in [0.717, 1.165) is 29.9 Å². The molecule has 1 aliphatic heterocycles. The van der Waals surface area contributed by atoms with Crippen molar-refractivity contribution < 1.29 is 25.0 Å². The van der Waals surface area contributed by atoms with Crippen molar-refractivity contribution in [3.8, 4) is 0 Å². The Balaban J connectivity index is 0.00000225. The van der Waals surface area contributed by atoms with Crippen LogP contribution in [0.15, 0.2) is 72.8 Å². The Morgan fingerprint density at radius 2 is 1.52 bits per heavy atom. The first kappa shape index (κ1) is 20.4. The molecule has 1 heterocycles. The second kappa shape index (κ2) is 8.21. The summed E-state index contributed by atoms with van der Waals surface area (Å²) < 4.78 is 16.0. The molecule has 0 unspecified atom stereocenters. The van der Waals surface area contributed by atoms with E-state index in [9.17, 15) is 4.57 Å². The third-order valence-electron chi connectivity index (χ3n) is 4.70. The Labute approximate surface area is 168 Å². The molecule has 0 saturated carbocycles. The molecule has 0 amide bonds. The van der Waals surface area contributed by atoms with Crippen LogP contribution in [0.2, 0.25) is 0 Å². The van der Waals surface area contributed by atoms with Gasteiger partial charge in [0.25, 0.3) is 0 Å². The first-order valence-corrected chi connectivity index (χ1v) is 10.5. The molecule has 25 heavy (non-hydrogen) atoms. The van der Waals surface area contributed by atoms with Gasteiger partial charge >= 0.3 is 0 Å². The summed E-state index contributed by atoms with van der Waals surface area (Å²) in [5.41, 5.74) is 2.98. The molecule has 2 aromatic carbocycles. The topological polar surface area (TPSA) is 20.3 Å². The molecule has 0 spiro atoms. The van der Waals surface area contributed by atoms with Crippen molar-refractivity contribution >= 4 is 17.5 Å². The largest absolute Gasteiger partial charge is 0.311 e. The minimum atomic E-state index is -2.90. The molecule has 0 aromatic heterocycles. The summed E-state index contributed by atoms with van der Waals surface area (Å²) >= 11 is 0. The molecule has 130 valence electrons. The van der Waals surface area contributed by atoms with E-state index in [0.29, 0.717) is 0 Å². The number of nitrogens with zero attached hydrogens (tertiary/aromatic N) is 1. The fourth-order valence-electron chi connectivity index (χ4n) is 3.43. The predicted molar refractivity (Wildman–Crippen MR) is 102 cm³/mol. The van der Waals surface area contributed by atoms with Gasteiger partial charge in [0.15, 0.2) is 0 Å². The molecule has 3 rings (SSSR count). The maximum atomic E-state index is 14.5. The van der Waals surface area contributed by atoms with Gasteiger partial charge in [-0.1, -0.05) is 55.9 Å². The van der Waals surface area contributed by atoms with Crippen molar-refractivity contribution in [2.24, 2.45) is 0 Å². The number of hydrogen-bond acceptors (Lipinski definition) is 1. The van der Waals surface area contributed by atoms with E-state index < -0.39 is 12.1 Å². The molecule has 0 aliphatic carbocycles. The second-order valence-corrected chi connectivity index (χ2v) is 10.0. The van der Waals surface area contributed by atoms with Crippen LogP contribution in [0.25, 0.3) is 0 Å². The zero-order chi connectivity index (χ0) is 17.2. The smallest absolute Gasteiger partial charge is 0.143 e. The van der Waals surface area contributed by atoms with E-state index in [1.54, 1.807) is 0 Å². The number of hydrogen-bond donors (Lipinski definition) is 0. The molecule has 2 aromatic rings. The van der Waals surface area contributed by atoms with Crippen molar-refractivity contribution in [1.29, 1.82) is 0 Å². The van der Waals surface area contributed by atoms with Gasteiger partial charge in [-0.3, -0.25) is 4.67 Å². The van der Waals surface area contributed by atoms with Crippen LogP contribution in [0.5, 0.6) is 0 Å². The number of rotatable bonds is 5. The van der Waals surface area contributed by atoms with Gasteiger partial charge in [0.2, 0.25) is 0 Å². The third kappa shape index (κ3) is 3.27. The van der Waals surface area contributed by atoms with Crippen molar-refractivity contribution in [2.45, 2.75) is 18.6 Å². The summed E-state index contributed by atoms with van der Waals surface area (Å²) in [6, 6.07) is 20.1. The first-order valence-electron chi connectivity index (χ1n) is 8.36. The summed E-state index contributed by atoms with van der Waals surface area (Å²) in [6.45, 7) is 5.62. The second-order valence-electron chi connectivity index (χ2n) is 5.93. The zero-order valence-electron chi connectivity index (χ0n) is 14.5. The van der Waals surface area contributed by atoms with Gasteiger partial charge in [0, 0.05) is 48.5 Å². The summed E-state index contributed by atoms with van der Waals surface area (Å²) in [5.74, 6) is 0. The number of benzene rings is 2. The van der Waals surface area contributed by atoms with Crippen molar-refractivity contribution in [3.05, 3.63) is 89.6 Å². The SMILES string of the molecule is CCN(CC)[P@]1(=O)[C-](c2ccccc2)C=C[C@]1([Si])c1ccccc1.[Re]. The molecule has 0 saturated heterocycles. The Morgan fingerprint density at radius 1 is 1.00 bits per heavy atom. The summed E-state index contributed by atoms with van der Waals surface area (Å²) in [5, 5.41) is 0. The molecule has 0 N–H and O–H groups in total. The van der Waals surface area contributed by atoms with Crippen LogP contribution in [-0.4, -0.2) is 28.0 Å². The average Bonchev–Trinajstić information content (AvgIpc) is 2.91. The third-order valence-corrected chi connectivity index (χ3v) is 9.85. The van der Waals surface area contributed by atoms with Crippen LogP contribution in [0, 0.1) is 5.66 Å². The van der Waals surface area contributed by atoms with Gasteiger partial charge in [-0.05, 0) is 5.56 Å². The summed E-state index contributed by atoms with van der Waals surface area (Å²) in [6.07, 6.45) is 4.09. The van der Waals surface area contributed by atoms with Crippen LogP contribution in [0.4, 0.5) is 0 Å². The summed E-state index contributed by atoms with van der Waals surface area (Å²) in [4.78, 5) is 0. The van der Waals surface area contributed by atoms with E-state index in [2.05, 4.69) is 34.8 Å². The molecule has 4 radical (unpaired) electrons. The minimum Gasteiger partial charge on any atom is -0.311 e. The van der Waals surface area contributed by atoms with Gasteiger partial charge in [-0.15, -0.1) is 42.0 Å². The fraction of sp³-hybridized carbons (Fsp3) is 0.250. The van der Waals surface area contributed by atoms with Crippen LogP contribution >= 0.6 is 7.29 Å². The molecule has 1 aliphatic rings. The quantitative estimate of drug-likeness (QED) is 0.311. The molecule has 2 atom stereocenters. The van der Waals surface area contributed by atoms with Crippen LogP contribution in [0.1, 0.15) is 25.0 Å². The van der Waals surface area contributed by atoms with Crippen molar-refractivity contribution in [3.63, 3.8) is 0 Å². The minimum absolute atomic E-state index is 0. The van der Waals surface area contributed by atoms with Gasteiger partial charge in [0.05, 0.1) is 0 Å². The Kier molecular flexibility index (Phi) is 6.71. The first-order chi connectivity index (χ1) is 11.6. The molecule has 2 nitrogen and oxygen atoms in total. The zero-order valence-corrected chi connectivity index (χ0v) is 19.1. The van der Waals surface area contributed by atoms with E-state index >= 15 is 0 Å². The molecule has 5 heteroatoms. The Hall–Kier alpha value is -0.881. The van der Waals surface area contributed by atoms with Gasteiger partial charge in [-0.2, -0.15) is 0 Å². The molecule has 0 fully saturated rings. The standard InChI is InChI=1S/C20H22NOPSi.Re/c1-3-21(4-2)23(22)19(17-11-7-5-8-12-17)15-16-20(23,24)18-13-9-6-10-14-18;/h5-16H,3-4H2,1-2H3;/q-1;/t20-,23-;/m0./s1. The monoisotopic (exact) mass is 538 g/mol. The average molecular weight is 538 g/mol. The van der Waals surface area contributed by atoms with Crippen LogP contribution < -0.4 is 0 Å². The van der Waals surface area contributed by atoms with E-state index in [1.807, 2.05) is 66.7 Å². The molecular formula is C20H22NOPReSi-. The van der Waals surface area contributed by atoms with Gasteiger partial charge in [0.1, 0.15) is 7.29 Å². The summed E-state index contributed by atoms with van der Waals surface area (Å²) in [7, 11) is 1.05. The number of allylic oxidation sites excluding steroid dienone is 2. The Bertz CT molecular complexity index is 764. The van der Waals surface area contributed by atoms with Crippen LogP contribution in [-0.2, 0) is 29.8 Å². The maximum Gasteiger partial charge on any atom is 0.143 e. The maximum absolute atomic E-state index is 14.5. The van der Waals surface area contributed by atoms with Gasteiger partial charge < -0.3 is 4.57 Å².